The van der Waals surface area contributed by atoms with E-state index in [1.54, 1.807) is 18.7 Å². The van der Waals surface area contributed by atoms with Crippen LogP contribution in [-0.4, -0.2) is 25.2 Å². The Morgan fingerprint density at radius 2 is 1.79 bits per heavy atom. The highest BCUT2D eigenvalue weighted by Crippen LogP contribution is 2.16. The molecule has 0 saturated heterocycles. The number of fused-ring (bicyclic) bond motifs is 1. The van der Waals surface area contributed by atoms with Crippen LogP contribution in [0.4, 0.5) is 5.69 Å². The maximum atomic E-state index is 12.9. The van der Waals surface area contributed by atoms with Gasteiger partial charge in [-0.1, -0.05) is 18.2 Å². The Bertz CT molecular complexity index is 1430. The molecule has 4 aromatic rings. The monoisotopic (exact) mass is 407 g/mol. The van der Waals surface area contributed by atoms with Crippen molar-refractivity contribution in [3.63, 3.8) is 0 Å². The van der Waals surface area contributed by atoms with Crippen LogP contribution in [0, 0.1) is 11.7 Å². The van der Waals surface area contributed by atoms with E-state index in [2.05, 4.69) is 15.3 Å². The number of nitrogens with one attached hydrogen (secondary N) is 3. The summed E-state index contributed by atoms with van der Waals surface area (Å²) in [5.74, 6) is -0.461. The zero-order chi connectivity index (χ0) is 20.7. The van der Waals surface area contributed by atoms with Gasteiger partial charge < -0.3 is 10.3 Å². The normalized spacial score (nSPS) is 11.0. The van der Waals surface area contributed by atoms with Gasteiger partial charge >= 0.3 is 0 Å². The van der Waals surface area contributed by atoms with E-state index in [9.17, 15) is 14.4 Å². The molecule has 9 heteroatoms. The van der Waals surface area contributed by atoms with Gasteiger partial charge in [0, 0.05) is 12.6 Å². The fraction of sp³-hybridized carbons (Fsp3) is 0.100. The van der Waals surface area contributed by atoms with Gasteiger partial charge in [-0.05, 0) is 49.5 Å². The molecular formula is C20H17N5O3S. The molecule has 0 radical (unpaired) electrons. The predicted octanol–water partition coefficient (Wildman–Crippen LogP) is 2.64. The molecule has 8 nitrogen and oxygen atoms in total. The van der Waals surface area contributed by atoms with Gasteiger partial charge in [-0.25, -0.2) is 4.68 Å². The van der Waals surface area contributed by atoms with Gasteiger partial charge in [-0.15, -0.1) is 0 Å². The van der Waals surface area contributed by atoms with Crippen molar-refractivity contribution in [3.8, 4) is 5.69 Å². The van der Waals surface area contributed by atoms with Gasteiger partial charge in [0.15, 0.2) is 4.77 Å². The highest BCUT2D eigenvalue weighted by atomic mass is 32.1. The molecule has 29 heavy (non-hydrogen) atoms. The van der Waals surface area contributed by atoms with Crippen LogP contribution in [0.15, 0.2) is 58.1 Å². The van der Waals surface area contributed by atoms with Crippen LogP contribution in [0.1, 0.15) is 16.1 Å². The van der Waals surface area contributed by atoms with Gasteiger partial charge in [0.25, 0.3) is 17.0 Å². The second kappa shape index (κ2) is 7.02. The first-order chi connectivity index (χ1) is 13.9. The number of carbonyl (C=O) groups excluding carboxylic acids is 1. The fourth-order valence-corrected chi connectivity index (χ4v) is 3.41. The smallest absolute Gasteiger partial charge is 0.295 e. The standard InChI is InChI=1S/C20H17N5O3S/c1-11-16(19(28)25(24(11)2)13-6-4-3-5-7-13)22-17(26)12-8-9-14-15(10-12)21-20(29)23-18(14)27/h3-10H,1-2H3,(H,22,26)(H2,21,23,27,29). The summed E-state index contributed by atoms with van der Waals surface area (Å²) in [4.78, 5) is 43.0. The van der Waals surface area contributed by atoms with E-state index in [1.807, 2.05) is 30.3 Å². The van der Waals surface area contributed by atoms with Crippen LogP contribution in [0.2, 0.25) is 0 Å². The molecule has 3 N–H and O–H groups in total. The molecule has 1 amide bonds. The number of anilines is 1. The van der Waals surface area contributed by atoms with Gasteiger partial charge in [0.2, 0.25) is 0 Å². The van der Waals surface area contributed by atoms with Crippen LogP contribution < -0.4 is 16.4 Å². The Morgan fingerprint density at radius 1 is 1.07 bits per heavy atom. The Kier molecular flexibility index (Phi) is 4.51. The number of hydrogen-bond donors (Lipinski definition) is 3. The minimum atomic E-state index is -0.461. The second-order valence-corrected chi connectivity index (χ2v) is 6.97. The number of amides is 1. The van der Waals surface area contributed by atoms with Crippen molar-refractivity contribution in [2.45, 2.75) is 6.92 Å². The van der Waals surface area contributed by atoms with Crippen molar-refractivity contribution in [1.82, 2.24) is 19.3 Å². The average Bonchev–Trinajstić information content (AvgIpc) is 2.91. The lowest BCUT2D eigenvalue weighted by molar-refractivity contribution is 0.102. The SMILES string of the molecule is Cc1c(NC(=O)c2ccc3c(=O)[nH]c(=S)[nH]c3c2)c(=O)n(-c2ccccc2)n1C. The van der Waals surface area contributed by atoms with E-state index in [0.29, 0.717) is 27.8 Å². The van der Waals surface area contributed by atoms with Gasteiger partial charge in [-0.2, -0.15) is 0 Å². The number of hydrogen-bond acceptors (Lipinski definition) is 4. The van der Waals surface area contributed by atoms with Crippen molar-refractivity contribution in [2.24, 2.45) is 7.05 Å². The number of nitrogens with zero attached hydrogens (tertiary/aromatic N) is 2. The summed E-state index contributed by atoms with van der Waals surface area (Å²) in [6.07, 6.45) is 0. The van der Waals surface area contributed by atoms with E-state index in [1.165, 1.54) is 22.9 Å². The van der Waals surface area contributed by atoms with Crippen molar-refractivity contribution in [2.75, 3.05) is 5.32 Å². The highest BCUT2D eigenvalue weighted by molar-refractivity contribution is 7.71. The Labute approximate surface area is 169 Å². The molecule has 0 fully saturated rings. The van der Waals surface area contributed by atoms with Crippen molar-refractivity contribution in [3.05, 3.63) is 85.3 Å². The lowest BCUT2D eigenvalue weighted by Crippen LogP contribution is -2.23. The molecule has 0 bridgehead atoms. The molecule has 0 unspecified atom stereocenters. The topological polar surface area (TPSA) is 105 Å². The largest absolute Gasteiger partial charge is 0.332 e. The molecule has 0 saturated carbocycles. The zero-order valence-electron chi connectivity index (χ0n) is 15.6. The first kappa shape index (κ1) is 18.6. The Hall–Kier alpha value is -3.72. The molecule has 146 valence electrons. The van der Waals surface area contributed by atoms with Crippen molar-refractivity contribution < 1.29 is 4.79 Å². The minimum absolute atomic E-state index is 0.171. The first-order valence-corrected chi connectivity index (χ1v) is 9.19. The molecule has 2 aromatic heterocycles. The third-order valence-electron chi connectivity index (χ3n) is 4.79. The average molecular weight is 407 g/mol. The number of H-pyrrole nitrogens is 2. The summed E-state index contributed by atoms with van der Waals surface area (Å²) in [5, 5.41) is 3.09. The summed E-state index contributed by atoms with van der Waals surface area (Å²) < 4.78 is 3.34. The van der Waals surface area contributed by atoms with Crippen LogP contribution in [0.25, 0.3) is 16.6 Å². The maximum Gasteiger partial charge on any atom is 0.295 e. The first-order valence-electron chi connectivity index (χ1n) is 8.78. The highest BCUT2D eigenvalue weighted by Gasteiger charge is 2.19. The van der Waals surface area contributed by atoms with Gasteiger partial charge in [0.05, 0.1) is 22.3 Å². The molecule has 0 aliphatic heterocycles. The second-order valence-electron chi connectivity index (χ2n) is 6.56. The molecule has 2 heterocycles. The number of benzene rings is 2. The Balaban J connectivity index is 1.74. The molecular weight excluding hydrogens is 390 g/mol. The summed E-state index contributed by atoms with van der Waals surface area (Å²) in [5.41, 5.74) is 1.58. The van der Waals surface area contributed by atoms with Crippen LogP contribution in [-0.2, 0) is 7.05 Å². The van der Waals surface area contributed by atoms with Crippen LogP contribution in [0.3, 0.4) is 0 Å². The molecule has 2 aromatic carbocycles. The maximum absolute atomic E-state index is 12.9. The zero-order valence-corrected chi connectivity index (χ0v) is 16.5. The number of aromatic amines is 2. The third kappa shape index (κ3) is 3.21. The van der Waals surface area contributed by atoms with E-state index in [0.717, 1.165) is 0 Å². The quantitative estimate of drug-likeness (QED) is 0.454. The van der Waals surface area contributed by atoms with E-state index < -0.39 is 5.91 Å². The Morgan fingerprint density at radius 3 is 2.52 bits per heavy atom. The molecule has 0 aliphatic carbocycles. The molecule has 0 aliphatic rings. The van der Waals surface area contributed by atoms with Gasteiger partial charge in [0.1, 0.15) is 5.69 Å². The fourth-order valence-electron chi connectivity index (χ4n) is 3.21. The number of aromatic nitrogens is 4. The van der Waals surface area contributed by atoms with E-state index in [-0.39, 0.29) is 21.6 Å². The molecule has 4 rings (SSSR count). The summed E-state index contributed by atoms with van der Waals surface area (Å²) in [6, 6.07) is 13.8. The van der Waals surface area contributed by atoms with Gasteiger partial charge in [-0.3, -0.25) is 24.0 Å². The van der Waals surface area contributed by atoms with Crippen LogP contribution in [0.5, 0.6) is 0 Å². The lowest BCUT2D eigenvalue weighted by Gasteiger charge is -2.07. The minimum Gasteiger partial charge on any atom is -0.332 e. The summed E-state index contributed by atoms with van der Waals surface area (Å²) in [7, 11) is 1.75. The summed E-state index contributed by atoms with van der Waals surface area (Å²) in [6.45, 7) is 1.76. The van der Waals surface area contributed by atoms with E-state index >= 15 is 0 Å². The van der Waals surface area contributed by atoms with E-state index in [4.69, 9.17) is 12.2 Å². The predicted molar refractivity (Wildman–Crippen MR) is 113 cm³/mol. The van der Waals surface area contributed by atoms with Crippen molar-refractivity contribution >= 4 is 34.7 Å². The number of rotatable bonds is 3. The summed E-state index contributed by atoms with van der Waals surface area (Å²) >= 11 is 4.98. The third-order valence-corrected chi connectivity index (χ3v) is 5.00. The lowest BCUT2D eigenvalue weighted by atomic mass is 10.1. The molecule has 0 spiro atoms. The number of carbonyl (C=O) groups is 1. The van der Waals surface area contributed by atoms with Crippen LogP contribution >= 0.6 is 12.2 Å². The molecule has 0 atom stereocenters. The number of para-hydroxylation sites is 1. The van der Waals surface area contributed by atoms with Crippen molar-refractivity contribution in [1.29, 1.82) is 0 Å².